The van der Waals surface area contributed by atoms with Crippen molar-refractivity contribution < 1.29 is 23.8 Å². The van der Waals surface area contributed by atoms with E-state index >= 15 is 0 Å². The fraction of sp³-hybridized carbons (Fsp3) is 0.458. The zero-order valence-corrected chi connectivity index (χ0v) is 19.9. The predicted octanol–water partition coefficient (Wildman–Crippen LogP) is 3.67. The third kappa shape index (κ3) is 5.13. The number of aliphatic hydroxyl groups is 1. The molecule has 176 valence electrons. The number of aryl methyl sites for hydroxylation is 2. The summed E-state index contributed by atoms with van der Waals surface area (Å²) in [5, 5.41) is 10.8. The lowest BCUT2D eigenvalue weighted by atomic mass is 10.00. The number of pyridine rings is 1. The lowest BCUT2D eigenvalue weighted by Crippen LogP contribution is -2.59. The molecule has 2 aromatic heterocycles. The van der Waals surface area contributed by atoms with Crippen LogP contribution in [0.25, 0.3) is 11.1 Å². The largest absolute Gasteiger partial charge is 0.493 e. The number of nitrogens with zero attached hydrogens (tertiary/aromatic N) is 3. The van der Waals surface area contributed by atoms with Gasteiger partial charge in [0.15, 0.2) is 17.2 Å². The van der Waals surface area contributed by atoms with Gasteiger partial charge in [-0.1, -0.05) is 11.6 Å². The van der Waals surface area contributed by atoms with E-state index in [0.717, 1.165) is 5.69 Å². The first kappa shape index (κ1) is 23.5. The van der Waals surface area contributed by atoms with E-state index in [9.17, 15) is 9.90 Å². The highest BCUT2D eigenvalue weighted by atomic mass is 35.5. The molecule has 1 N–H and O–H groups in total. The van der Waals surface area contributed by atoms with Crippen molar-refractivity contribution in [1.82, 2.24) is 14.9 Å². The third-order valence-electron chi connectivity index (χ3n) is 5.75. The van der Waals surface area contributed by atoms with E-state index in [-0.39, 0.29) is 12.5 Å². The highest BCUT2D eigenvalue weighted by Crippen LogP contribution is 2.31. The summed E-state index contributed by atoms with van der Waals surface area (Å²) in [6, 6.07) is 6.45. The van der Waals surface area contributed by atoms with Crippen LogP contribution < -0.4 is 4.74 Å². The second-order valence-electron chi connectivity index (χ2n) is 8.91. The minimum absolute atomic E-state index is 0.217. The third-order valence-corrected chi connectivity index (χ3v) is 5.99. The van der Waals surface area contributed by atoms with E-state index in [1.165, 1.54) is 7.11 Å². The number of hydrogen-bond acceptors (Lipinski definition) is 7. The molecular weight excluding hydrogens is 446 g/mol. The number of amides is 1. The molecule has 1 aliphatic rings. The van der Waals surface area contributed by atoms with Gasteiger partial charge in [-0.3, -0.25) is 9.78 Å². The van der Waals surface area contributed by atoms with Crippen molar-refractivity contribution >= 4 is 28.6 Å². The van der Waals surface area contributed by atoms with Crippen LogP contribution >= 0.6 is 11.6 Å². The Kier molecular flexibility index (Phi) is 6.61. The molecule has 33 heavy (non-hydrogen) atoms. The molecule has 0 bridgehead atoms. The van der Waals surface area contributed by atoms with E-state index in [1.54, 1.807) is 36.2 Å². The molecule has 0 spiro atoms. The van der Waals surface area contributed by atoms with Crippen LogP contribution in [0.2, 0.25) is 5.02 Å². The molecule has 8 nitrogen and oxygen atoms in total. The Hall–Kier alpha value is -2.68. The van der Waals surface area contributed by atoms with Gasteiger partial charge in [0, 0.05) is 35.4 Å². The Morgan fingerprint density at radius 3 is 2.85 bits per heavy atom. The number of hydrogen-bond donors (Lipinski definition) is 1. The van der Waals surface area contributed by atoms with Crippen molar-refractivity contribution in [2.75, 3.05) is 20.3 Å². The van der Waals surface area contributed by atoms with E-state index < -0.39 is 17.7 Å². The number of oxazole rings is 1. The van der Waals surface area contributed by atoms with Crippen LogP contribution in [-0.4, -0.2) is 63.9 Å². The van der Waals surface area contributed by atoms with Crippen molar-refractivity contribution in [2.24, 2.45) is 0 Å². The van der Waals surface area contributed by atoms with Crippen LogP contribution in [0, 0.1) is 0 Å². The number of methoxy groups -OCH3 is 1. The Bertz CT molecular complexity index is 1160. The maximum absolute atomic E-state index is 13.5. The molecule has 2 unspecified atom stereocenters. The van der Waals surface area contributed by atoms with Gasteiger partial charge >= 0.3 is 0 Å². The lowest BCUT2D eigenvalue weighted by molar-refractivity contribution is -0.123. The standard InChI is InChI=1S/C24H28ClN3O5/c1-14(29)19-12-32-24(2,3)13-28(19)23(30)15-9-18-22(20(10-15)31-4)33-21(27-18)6-5-17-11-16(25)7-8-26-17/h7-11,14,19,29H,5-6,12-13H2,1-4H3. The molecule has 0 radical (unpaired) electrons. The van der Waals surface area contributed by atoms with Crippen molar-refractivity contribution in [1.29, 1.82) is 0 Å². The molecule has 0 aliphatic carbocycles. The van der Waals surface area contributed by atoms with Gasteiger partial charge in [0.05, 0.1) is 31.5 Å². The number of carbonyl (C=O) groups is 1. The second-order valence-corrected chi connectivity index (χ2v) is 9.35. The van der Waals surface area contributed by atoms with Gasteiger partial charge in [-0.05, 0) is 51.5 Å². The molecular formula is C24H28ClN3O5. The van der Waals surface area contributed by atoms with Crippen molar-refractivity contribution in [2.45, 2.75) is 51.4 Å². The first-order valence-electron chi connectivity index (χ1n) is 10.9. The van der Waals surface area contributed by atoms with E-state index in [2.05, 4.69) is 9.97 Å². The molecule has 2 atom stereocenters. The highest BCUT2D eigenvalue weighted by Gasteiger charge is 2.39. The molecule has 0 saturated carbocycles. The number of morpholine rings is 1. The molecule has 1 aliphatic heterocycles. The summed E-state index contributed by atoms with van der Waals surface area (Å²) >= 11 is 6.03. The van der Waals surface area contributed by atoms with Crippen molar-refractivity contribution in [3.63, 3.8) is 0 Å². The van der Waals surface area contributed by atoms with Gasteiger partial charge in [-0.15, -0.1) is 0 Å². The zero-order chi connectivity index (χ0) is 23.8. The van der Waals surface area contributed by atoms with Crippen LogP contribution in [0.15, 0.2) is 34.9 Å². The van der Waals surface area contributed by atoms with Crippen LogP contribution in [0.1, 0.15) is 42.7 Å². The van der Waals surface area contributed by atoms with Gasteiger partial charge in [0.1, 0.15) is 5.52 Å². The molecule has 3 heterocycles. The fourth-order valence-electron chi connectivity index (χ4n) is 4.01. The summed E-state index contributed by atoms with van der Waals surface area (Å²) < 4.78 is 17.3. The molecule has 4 rings (SSSR count). The monoisotopic (exact) mass is 473 g/mol. The smallest absolute Gasteiger partial charge is 0.254 e. The molecule has 1 fully saturated rings. The summed E-state index contributed by atoms with van der Waals surface area (Å²) in [7, 11) is 1.53. The molecule has 9 heteroatoms. The van der Waals surface area contributed by atoms with Crippen LogP contribution in [0.4, 0.5) is 0 Å². The van der Waals surface area contributed by atoms with Crippen LogP contribution in [0.5, 0.6) is 5.75 Å². The van der Waals surface area contributed by atoms with E-state index in [0.29, 0.717) is 52.7 Å². The normalized spacial score (nSPS) is 19.0. The summed E-state index contributed by atoms with van der Waals surface area (Å²) in [4.78, 5) is 24.0. The number of halogens is 1. The number of aliphatic hydroxyl groups excluding tert-OH is 1. The summed E-state index contributed by atoms with van der Waals surface area (Å²) in [6.07, 6.45) is 2.07. The minimum Gasteiger partial charge on any atom is -0.493 e. The van der Waals surface area contributed by atoms with Gasteiger partial charge in [-0.25, -0.2) is 4.98 Å². The molecule has 1 amide bonds. The molecule has 1 saturated heterocycles. The van der Waals surface area contributed by atoms with Crippen LogP contribution in [-0.2, 0) is 17.6 Å². The number of carbonyl (C=O) groups excluding carboxylic acids is 1. The Morgan fingerprint density at radius 1 is 1.36 bits per heavy atom. The van der Waals surface area contributed by atoms with Gasteiger partial charge < -0.3 is 23.9 Å². The Morgan fingerprint density at radius 2 is 2.15 bits per heavy atom. The minimum atomic E-state index is -0.727. The SMILES string of the molecule is COc1cc(C(=O)N2CC(C)(C)OCC2C(C)O)cc2nc(CCc3cc(Cl)ccn3)oc12. The van der Waals surface area contributed by atoms with E-state index in [1.807, 2.05) is 19.9 Å². The van der Waals surface area contributed by atoms with Gasteiger partial charge in [0.25, 0.3) is 5.91 Å². The average molecular weight is 474 g/mol. The number of ether oxygens (including phenoxy) is 2. The summed E-state index contributed by atoms with van der Waals surface area (Å²) in [5.74, 6) is 0.728. The quantitative estimate of drug-likeness (QED) is 0.583. The first-order valence-corrected chi connectivity index (χ1v) is 11.3. The highest BCUT2D eigenvalue weighted by molar-refractivity contribution is 6.30. The van der Waals surface area contributed by atoms with Crippen molar-refractivity contribution in [3.05, 3.63) is 52.6 Å². The van der Waals surface area contributed by atoms with Crippen LogP contribution in [0.3, 0.4) is 0 Å². The van der Waals surface area contributed by atoms with E-state index in [4.69, 9.17) is 25.5 Å². The number of fused-ring (bicyclic) bond motifs is 1. The van der Waals surface area contributed by atoms with Gasteiger partial charge in [0.2, 0.25) is 0 Å². The van der Waals surface area contributed by atoms with Crippen molar-refractivity contribution in [3.8, 4) is 5.75 Å². The average Bonchev–Trinajstić information content (AvgIpc) is 3.18. The number of aromatic nitrogens is 2. The van der Waals surface area contributed by atoms with Gasteiger partial charge in [-0.2, -0.15) is 0 Å². The first-order chi connectivity index (χ1) is 15.7. The zero-order valence-electron chi connectivity index (χ0n) is 19.2. The number of rotatable bonds is 6. The maximum atomic E-state index is 13.5. The number of benzene rings is 1. The predicted molar refractivity (Wildman–Crippen MR) is 124 cm³/mol. The lowest BCUT2D eigenvalue weighted by Gasteiger charge is -2.44. The second kappa shape index (κ2) is 9.29. The summed E-state index contributed by atoms with van der Waals surface area (Å²) in [6.45, 7) is 6.14. The maximum Gasteiger partial charge on any atom is 0.254 e. The Balaban J connectivity index is 1.62. The molecule has 1 aromatic carbocycles. The molecule has 3 aromatic rings. The summed E-state index contributed by atoms with van der Waals surface area (Å²) in [5.41, 5.74) is 1.76. The fourth-order valence-corrected chi connectivity index (χ4v) is 4.19. The Labute approximate surface area is 197 Å². The topological polar surface area (TPSA) is 97.9 Å².